The number of ether oxygens (including phenoxy) is 1. The lowest BCUT2D eigenvalue weighted by Crippen LogP contribution is -2.23. The summed E-state index contributed by atoms with van der Waals surface area (Å²) in [6.07, 6.45) is 0.834. The van der Waals surface area contributed by atoms with Gasteiger partial charge in [0.15, 0.2) is 0 Å². The van der Waals surface area contributed by atoms with E-state index in [0.29, 0.717) is 29.7 Å². The summed E-state index contributed by atoms with van der Waals surface area (Å²) in [6, 6.07) is 15.1. The van der Waals surface area contributed by atoms with Crippen molar-refractivity contribution in [2.24, 2.45) is 0 Å². The molecular weight excluding hydrogens is 306 g/mol. The normalized spacial score (nSPS) is 12.5. The van der Waals surface area contributed by atoms with Crippen molar-refractivity contribution in [2.45, 2.75) is 13.0 Å². The smallest absolute Gasteiger partial charge is 0.255 e. The maximum atomic E-state index is 12.4. The Labute approximate surface area is 138 Å². The van der Waals surface area contributed by atoms with Gasteiger partial charge in [0, 0.05) is 12.0 Å². The van der Waals surface area contributed by atoms with Crippen LogP contribution in [-0.4, -0.2) is 22.7 Å². The number of amides is 1. The third kappa shape index (κ3) is 2.74. The Bertz CT molecular complexity index is 874. The maximum Gasteiger partial charge on any atom is 0.255 e. The van der Waals surface area contributed by atoms with E-state index in [-0.39, 0.29) is 12.5 Å². The van der Waals surface area contributed by atoms with Crippen LogP contribution in [0.3, 0.4) is 0 Å². The zero-order chi connectivity index (χ0) is 16.4. The van der Waals surface area contributed by atoms with Gasteiger partial charge in [0.2, 0.25) is 11.8 Å². The number of carbonyl (C=O) groups is 1. The summed E-state index contributed by atoms with van der Waals surface area (Å²) in [7, 11) is 0. The third-order valence-electron chi connectivity index (χ3n) is 3.85. The Balaban J connectivity index is 1.45. The van der Waals surface area contributed by atoms with Crippen LogP contribution in [0.5, 0.6) is 5.75 Å². The molecular formula is C18H15N3O3. The second-order valence-corrected chi connectivity index (χ2v) is 5.44. The Kier molecular flexibility index (Phi) is 3.70. The average Bonchev–Trinajstić information content (AvgIpc) is 3.29. The van der Waals surface area contributed by atoms with Crippen LogP contribution < -0.4 is 10.1 Å². The highest BCUT2D eigenvalue weighted by Gasteiger charge is 2.20. The van der Waals surface area contributed by atoms with Crippen LogP contribution in [0.2, 0.25) is 0 Å². The van der Waals surface area contributed by atoms with Crippen LogP contribution in [0.1, 0.15) is 21.8 Å². The molecule has 6 heteroatoms. The van der Waals surface area contributed by atoms with Crippen LogP contribution in [0.15, 0.2) is 52.9 Å². The highest BCUT2D eigenvalue weighted by Crippen LogP contribution is 2.29. The molecule has 24 heavy (non-hydrogen) atoms. The number of hydrogen-bond donors (Lipinski definition) is 1. The van der Waals surface area contributed by atoms with Crippen LogP contribution in [0.4, 0.5) is 0 Å². The van der Waals surface area contributed by atoms with Gasteiger partial charge in [-0.2, -0.15) is 0 Å². The molecule has 2 aromatic carbocycles. The lowest BCUT2D eigenvalue weighted by Gasteiger charge is -2.07. The van der Waals surface area contributed by atoms with Gasteiger partial charge in [-0.25, -0.2) is 0 Å². The molecule has 1 N–H and O–H groups in total. The topological polar surface area (TPSA) is 77.3 Å². The fraction of sp³-hybridized carbons (Fsp3) is 0.167. The van der Waals surface area contributed by atoms with Crippen molar-refractivity contribution in [2.75, 3.05) is 6.61 Å². The number of nitrogens with zero attached hydrogens (tertiary/aromatic N) is 2. The van der Waals surface area contributed by atoms with E-state index in [1.807, 2.05) is 42.5 Å². The lowest BCUT2D eigenvalue weighted by atomic mass is 10.1. The number of aromatic nitrogens is 2. The zero-order valence-corrected chi connectivity index (χ0v) is 12.9. The standard InChI is InChI=1S/C18H15N3O3/c22-17(14-8-4-7-12-9-10-23-16(12)14)19-11-15-20-21-18(24-15)13-5-2-1-3-6-13/h1-8H,9-11H2,(H,19,22). The van der Waals surface area contributed by atoms with E-state index in [1.165, 1.54) is 0 Å². The molecule has 0 unspecified atom stereocenters. The summed E-state index contributed by atoms with van der Waals surface area (Å²) >= 11 is 0. The van der Waals surface area contributed by atoms with E-state index in [2.05, 4.69) is 15.5 Å². The number of carbonyl (C=O) groups excluding carboxylic acids is 1. The summed E-state index contributed by atoms with van der Waals surface area (Å²) in [5, 5.41) is 10.8. The highest BCUT2D eigenvalue weighted by molar-refractivity contribution is 5.97. The Morgan fingerprint density at radius 2 is 1.96 bits per heavy atom. The Morgan fingerprint density at radius 3 is 2.83 bits per heavy atom. The first-order chi connectivity index (χ1) is 11.8. The molecule has 120 valence electrons. The molecule has 1 amide bonds. The molecule has 1 aromatic heterocycles. The molecule has 0 bridgehead atoms. The van der Waals surface area contributed by atoms with Crippen molar-refractivity contribution < 1.29 is 13.9 Å². The minimum atomic E-state index is -0.215. The number of hydrogen-bond acceptors (Lipinski definition) is 5. The first kappa shape index (κ1) is 14.4. The summed E-state index contributed by atoms with van der Waals surface area (Å²) in [6.45, 7) is 0.784. The van der Waals surface area contributed by atoms with E-state index in [4.69, 9.17) is 9.15 Å². The SMILES string of the molecule is O=C(NCc1nnc(-c2ccccc2)o1)c1cccc2c1OCC2. The fourth-order valence-corrected chi connectivity index (χ4v) is 2.67. The number of para-hydroxylation sites is 1. The van der Waals surface area contributed by atoms with Crippen molar-refractivity contribution in [3.8, 4) is 17.2 Å². The molecule has 0 atom stereocenters. The molecule has 1 aliphatic rings. The molecule has 0 saturated heterocycles. The first-order valence-corrected chi connectivity index (χ1v) is 7.72. The van der Waals surface area contributed by atoms with Crippen LogP contribution in [-0.2, 0) is 13.0 Å². The van der Waals surface area contributed by atoms with Crippen LogP contribution in [0, 0.1) is 0 Å². The molecule has 0 saturated carbocycles. The zero-order valence-electron chi connectivity index (χ0n) is 12.9. The maximum absolute atomic E-state index is 12.4. The molecule has 0 aliphatic carbocycles. The third-order valence-corrected chi connectivity index (χ3v) is 3.85. The van der Waals surface area contributed by atoms with Crippen molar-refractivity contribution in [3.63, 3.8) is 0 Å². The van der Waals surface area contributed by atoms with Gasteiger partial charge in [-0.15, -0.1) is 10.2 Å². The number of fused-ring (bicyclic) bond motifs is 1. The summed E-state index contributed by atoms with van der Waals surface area (Å²) in [4.78, 5) is 12.4. The summed E-state index contributed by atoms with van der Waals surface area (Å²) < 4.78 is 11.1. The molecule has 2 heterocycles. The quantitative estimate of drug-likeness (QED) is 0.799. The van der Waals surface area contributed by atoms with Crippen LogP contribution >= 0.6 is 0 Å². The lowest BCUT2D eigenvalue weighted by molar-refractivity contribution is 0.0944. The number of rotatable bonds is 4. The van der Waals surface area contributed by atoms with E-state index < -0.39 is 0 Å². The molecule has 0 radical (unpaired) electrons. The fourth-order valence-electron chi connectivity index (χ4n) is 2.67. The average molecular weight is 321 g/mol. The predicted molar refractivity (Wildman–Crippen MR) is 86.5 cm³/mol. The molecule has 0 spiro atoms. The van der Waals surface area contributed by atoms with Crippen molar-refractivity contribution in [3.05, 3.63) is 65.5 Å². The van der Waals surface area contributed by atoms with Gasteiger partial charge in [-0.05, 0) is 23.8 Å². The van der Waals surface area contributed by atoms with E-state index >= 15 is 0 Å². The van der Waals surface area contributed by atoms with Crippen LogP contribution in [0.25, 0.3) is 11.5 Å². The number of nitrogens with one attached hydrogen (secondary N) is 1. The first-order valence-electron chi connectivity index (χ1n) is 7.72. The highest BCUT2D eigenvalue weighted by atomic mass is 16.5. The van der Waals surface area contributed by atoms with E-state index in [0.717, 1.165) is 17.5 Å². The van der Waals surface area contributed by atoms with Gasteiger partial charge >= 0.3 is 0 Å². The van der Waals surface area contributed by atoms with Gasteiger partial charge in [0.1, 0.15) is 5.75 Å². The molecule has 6 nitrogen and oxygen atoms in total. The minimum Gasteiger partial charge on any atom is -0.492 e. The van der Waals surface area contributed by atoms with Crippen molar-refractivity contribution >= 4 is 5.91 Å². The second-order valence-electron chi connectivity index (χ2n) is 5.44. The Hall–Kier alpha value is -3.15. The second kappa shape index (κ2) is 6.16. The Morgan fingerprint density at radius 1 is 1.08 bits per heavy atom. The van der Waals surface area contributed by atoms with Crippen molar-refractivity contribution in [1.29, 1.82) is 0 Å². The molecule has 1 aliphatic heterocycles. The molecule has 0 fully saturated rings. The van der Waals surface area contributed by atoms with Gasteiger partial charge in [-0.3, -0.25) is 4.79 Å². The monoisotopic (exact) mass is 321 g/mol. The van der Waals surface area contributed by atoms with Gasteiger partial charge < -0.3 is 14.5 Å². The van der Waals surface area contributed by atoms with Gasteiger partial charge in [-0.1, -0.05) is 30.3 Å². The largest absolute Gasteiger partial charge is 0.492 e. The van der Waals surface area contributed by atoms with E-state index in [9.17, 15) is 4.79 Å². The molecule has 3 aromatic rings. The van der Waals surface area contributed by atoms with Crippen molar-refractivity contribution in [1.82, 2.24) is 15.5 Å². The van der Waals surface area contributed by atoms with Gasteiger partial charge in [0.25, 0.3) is 5.91 Å². The molecule has 4 rings (SSSR count). The van der Waals surface area contributed by atoms with E-state index in [1.54, 1.807) is 6.07 Å². The minimum absolute atomic E-state index is 0.169. The number of benzene rings is 2. The predicted octanol–water partition coefficient (Wildman–Crippen LogP) is 2.60. The summed E-state index contributed by atoms with van der Waals surface area (Å²) in [5.74, 6) is 1.25. The van der Waals surface area contributed by atoms with Gasteiger partial charge in [0.05, 0.1) is 18.7 Å². The summed E-state index contributed by atoms with van der Waals surface area (Å²) in [5.41, 5.74) is 2.44.